The van der Waals surface area contributed by atoms with E-state index in [1.165, 1.54) is 23.0 Å². The van der Waals surface area contributed by atoms with E-state index in [9.17, 15) is 18.0 Å². The van der Waals surface area contributed by atoms with E-state index in [1.54, 1.807) is 6.92 Å². The zero-order valence-corrected chi connectivity index (χ0v) is 20.8. The standard InChI is InChI=1S/C26H26F3N5O3/c1-16-32-23(33-37-16)18-10-8-17(9-11-18)12-13-30-24(35)22-21(15-31-34(22)25(2,3)4)36-20-7-5-6-19(14-20)26(27,28)29/h5-11,14-15H,12-13H2,1-4H3,(H,30,35). The van der Waals surface area contributed by atoms with Gasteiger partial charge in [0.1, 0.15) is 5.75 Å². The second-order valence-electron chi connectivity index (χ2n) is 9.41. The van der Waals surface area contributed by atoms with Crippen molar-refractivity contribution in [1.29, 1.82) is 0 Å². The van der Waals surface area contributed by atoms with Gasteiger partial charge in [-0.25, -0.2) is 0 Å². The third-order valence-corrected chi connectivity index (χ3v) is 5.41. The van der Waals surface area contributed by atoms with Crippen LogP contribution in [-0.2, 0) is 18.1 Å². The first-order chi connectivity index (χ1) is 17.4. The molecule has 194 valence electrons. The van der Waals surface area contributed by atoms with Crippen molar-refractivity contribution >= 4 is 5.91 Å². The zero-order valence-electron chi connectivity index (χ0n) is 20.8. The molecule has 2 heterocycles. The molecule has 0 saturated carbocycles. The van der Waals surface area contributed by atoms with Gasteiger partial charge in [0, 0.05) is 19.0 Å². The topological polar surface area (TPSA) is 95.1 Å². The van der Waals surface area contributed by atoms with Gasteiger partial charge in [0.05, 0.1) is 17.3 Å². The molecular formula is C26H26F3N5O3. The van der Waals surface area contributed by atoms with Crippen LogP contribution in [0, 0.1) is 6.92 Å². The molecule has 11 heteroatoms. The van der Waals surface area contributed by atoms with Crippen LogP contribution in [0.5, 0.6) is 11.5 Å². The number of hydrogen-bond donors (Lipinski definition) is 1. The molecule has 1 N–H and O–H groups in total. The van der Waals surface area contributed by atoms with Crippen molar-refractivity contribution in [1.82, 2.24) is 25.2 Å². The number of halogens is 3. The summed E-state index contributed by atoms with van der Waals surface area (Å²) in [5.41, 5.74) is 0.488. The maximum absolute atomic E-state index is 13.2. The van der Waals surface area contributed by atoms with Gasteiger partial charge in [-0.1, -0.05) is 35.5 Å². The molecule has 0 bridgehead atoms. The van der Waals surface area contributed by atoms with Crippen molar-refractivity contribution in [3.05, 3.63) is 77.4 Å². The van der Waals surface area contributed by atoms with Crippen molar-refractivity contribution in [2.45, 2.75) is 45.8 Å². The molecule has 0 atom stereocenters. The Labute approximate surface area is 211 Å². The number of amides is 1. The lowest BCUT2D eigenvalue weighted by atomic mass is 10.1. The lowest BCUT2D eigenvalue weighted by Gasteiger charge is -2.22. The van der Waals surface area contributed by atoms with Gasteiger partial charge >= 0.3 is 6.18 Å². The minimum Gasteiger partial charge on any atom is -0.453 e. The molecule has 0 aliphatic carbocycles. The number of benzene rings is 2. The molecule has 2 aromatic carbocycles. The number of carbonyl (C=O) groups is 1. The van der Waals surface area contributed by atoms with Gasteiger partial charge in [-0.2, -0.15) is 23.3 Å². The molecule has 8 nitrogen and oxygen atoms in total. The van der Waals surface area contributed by atoms with Crippen LogP contribution < -0.4 is 10.1 Å². The molecule has 4 aromatic rings. The average Bonchev–Trinajstić information content (AvgIpc) is 3.45. The fraction of sp³-hybridized carbons (Fsp3) is 0.308. The van der Waals surface area contributed by atoms with Crippen LogP contribution in [0.15, 0.2) is 59.3 Å². The quantitative estimate of drug-likeness (QED) is 0.337. The summed E-state index contributed by atoms with van der Waals surface area (Å²) in [4.78, 5) is 17.4. The van der Waals surface area contributed by atoms with Crippen LogP contribution in [0.3, 0.4) is 0 Å². The van der Waals surface area contributed by atoms with Gasteiger partial charge in [-0.15, -0.1) is 0 Å². The van der Waals surface area contributed by atoms with Crippen LogP contribution in [0.2, 0.25) is 0 Å². The fourth-order valence-electron chi connectivity index (χ4n) is 3.63. The third-order valence-electron chi connectivity index (χ3n) is 5.41. The zero-order chi connectivity index (χ0) is 26.8. The molecule has 0 aliphatic heterocycles. The monoisotopic (exact) mass is 513 g/mol. The Balaban J connectivity index is 1.47. The van der Waals surface area contributed by atoms with Gasteiger partial charge in [0.15, 0.2) is 11.4 Å². The Bertz CT molecular complexity index is 1390. The van der Waals surface area contributed by atoms with Crippen molar-refractivity contribution in [3.63, 3.8) is 0 Å². The Morgan fingerprint density at radius 2 is 1.84 bits per heavy atom. The molecular weight excluding hydrogens is 487 g/mol. The summed E-state index contributed by atoms with van der Waals surface area (Å²) < 4.78 is 51.5. The van der Waals surface area contributed by atoms with E-state index in [4.69, 9.17) is 9.26 Å². The van der Waals surface area contributed by atoms with E-state index in [-0.39, 0.29) is 17.2 Å². The van der Waals surface area contributed by atoms with Crippen molar-refractivity contribution in [2.75, 3.05) is 6.54 Å². The highest BCUT2D eigenvalue weighted by molar-refractivity contribution is 5.95. The third kappa shape index (κ3) is 6.16. The molecule has 1 amide bonds. The van der Waals surface area contributed by atoms with E-state index >= 15 is 0 Å². The Hall–Kier alpha value is -4.15. The Kier molecular flexibility index (Phi) is 7.06. The first kappa shape index (κ1) is 25.9. The molecule has 0 unspecified atom stereocenters. The number of alkyl halides is 3. The van der Waals surface area contributed by atoms with Gasteiger partial charge < -0.3 is 14.6 Å². The number of hydrogen-bond acceptors (Lipinski definition) is 6. The first-order valence-corrected chi connectivity index (χ1v) is 11.5. The Morgan fingerprint density at radius 1 is 1.11 bits per heavy atom. The summed E-state index contributed by atoms with van der Waals surface area (Å²) in [6.07, 6.45) is -2.64. The SMILES string of the molecule is Cc1nc(-c2ccc(CCNC(=O)c3c(Oc4cccc(C(F)(F)F)c4)cnn3C(C)(C)C)cc2)no1. The van der Waals surface area contributed by atoms with Crippen LogP contribution in [0.4, 0.5) is 13.2 Å². The van der Waals surface area contributed by atoms with Crippen molar-refractivity contribution in [2.24, 2.45) is 0 Å². The molecule has 0 saturated heterocycles. The highest BCUT2D eigenvalue weighted by Gasteiger charge is 2.31. The molecule has 0 spiro atoms. The van der Waals surface area contributed by atoms with Crippen molar-refractivity contribution < 1.29 is 27.2 Å². The summed E-state index contributed by atoms with van der Waals surface area (Å²) in [5, 5.41) is 11.0. The highest BCUT2D eigenvalue weighted by Crippen LogP contribution is 2.34. The van der Waals surface area contributed by atoms with Crippen molar-refractivity contribution in [3.8, 4) is 22.9 Å². The number of nitrogens with one attached hydrogen (secondary N) is 1. The normalized spacial score (nSPS) is 12.0. The molecule has 37 heavy (non-hydrogen) atoms. The molecule has 0 radical (unpaired) electrons. The number of rotatable bonds is 7. The van der Waals surface area contributed by atoms with E-state index < -0.39 is 23.2 Å². The van der Waals surface area contributed by atoms with Gasteiger partial charge in [-0.3, -0.25) is 9.48 Å². The molecule has 2 aromatic heterocycles. The molecule has 0 fully saturated rings. The fourth-order valence-corrected chi connectivity index (χ4v) is 3.63. The average molecular weight is 514 g/mol. The summed E-state index contributed by atoms with van der Waals surface area (Å²) >= 11 is 0. The highest BCUT2D eigenvalue weighted by atomic mass is 19.4. The molecule has 4 rings (SSSR count). The van der Waals surface area contributed by atoms with Crippen LogP contribution in [0.1, 0.15) is 48.3 Å². The second kappa shape index (κ2) is 10.1. The van der Waals surface area contributed by atoms with Crippen LogP contribution in [-0.4, -0.2) is 32.4 Å². The second-order valence-corrected chi connectivity index (χ2v) is 9.41. The summed E-state index contributed by atoms with van der Waals surface area (Å²) in [6.45, 7) is 7.61. The van der Waals surface area contributed by atoms with Crippen LogP contribution >= 0.6 is 0 Å². The minimum atomic E-state index is -4.52. The summed E-state index contributed by atoms with van der Waals surface area (Å²) in [6, 6.07) is 12.0. The number of ether oxygens (including phenoxy) is 1. The smallest absolute Gasteiger partial charge is 0.416 e. The number of aromatic nitrogens is 4. The number of aryl methyl sites for hydroxylation is 1. The summed E-state index contributed by atoms with van der Waals surface area (Å²) in [5.74, 6) is 0.544. The van der Waals surface area contributed by atoms with Gasteiger partial charge in [-0.05, 0) is 51.0 Å². The van der Waals surface area contributed by atoms with E-state index in [0.29, 0.717) is 24.7 Å². The largest absolute Gasteiger partial charge is 0.453 e. The van der Waals surface area contributed by atoms with E-state index in [1.807, 2.05) is 45.0 Å². The van der Waals surface area contributed by atoms with Crippen LogP contribution in [0.25, 0.3) is 11.4 Å². The number of nitrogens with zero attached hydrogens (tertiary/aromatic N) is 4. The maximum atomic E-state index is 13.2. The minimum absolute atomic E-state index is 0.0470. The Morgan fingerprint density at radius 3 is 2.46 bits per heavy atom. The van der Waals surface area contributed by atoms with E-state index in [2.05, 4.69) is 20.6 Å². The maximum Gasteiger partial charge on any atom is 0.416 e. The predicted molar refractivity (Wildman–Crippen MR) is 129 cm³/mol. The number of carbonyl (C=O) groups excluding carboxylic acids is 1. The lowest BCUT2D eigenvalue weighted by molar-refractivity contribution is -0.137. The van der Waals surface area contributed by atoms with Gasteiger partial charge in [0.2, 0.25) is 11.7 Å². The lowest BCUT2D eigenvalue weighted by Crippen LogP contribution is -2.33. The first-order valence-electron chi connectivity index (χ1n) is 11.5. The van der Waals surface area contributed by atoms with E-state index in [0.717, 1.165) is 23.3 Å². The van der Waals surface area contributed by atoms with Gasteiger partial charge in [0.25, 0.3) is 5.91 Å². The summed E-state index contributed by atoms with van der Waals surface area (Å²) in [7, 11) is 0. The molecule has 0 aliphatic rings. The predicted octanol–water partition coefficient (Wildman–Crippen LogP) is 5.78.